The van der Waals surface area contributed by atoms with Crippen LogP contribution in [0.3, 0.4) is 0 Å². The summed E-state index contributed by atoms with van der Waals surface area (Å²) in [6.07, 6.45) is 2.58. The summed E-state index contributed by atoms with van der Waals surface area (Å²) in [7, 11) is -3.27. The largest absolute Gasteiger partial charge is 0.381 e. The minimum absolute atomic E-state index is 0.0997. The molecule has 4 rings (SSSR count). The monoisotopic (exact) mass is 377 g/mol. The second-order valence-corrected chi connectivity index (χ2v) is 8.95. The van der Waals surface area contributed by atoms with Gasteiger partial charge in [0.25, 0.3) is 0 Å². The third-order valence-electron chi connectivity index (χ3n) is 5.00. The van der Waals surface area contributed by atoms with E-state index in [-0.39, 0.29) is 5.75 Å². The minimum Gasteiger partial charge on any atom is -0.381 e. The highest BCUT2D eigenvalue weighted by molar-refractivity contribution is 7.92. The van der Waals surface area contributed by atoms with E-state index < -0.39 is 10.0 Å². The average Bonchev–Trinajstić information content (AvgIpc) is 2.62. The quantitative estimate of drug-likeness (QED) is 0.853. The Labute approximate surface area is 153 Å². The molecule has 132 valence electrons. The summed E-state index contributed by atoms with van der Waals surface area (Å²) < 4.78 is 32.1. The molecule has 2 aromatic carbocycles. The molecule has 0 saturated carbocycles. The summed E-state index contributed by atoms with van der Waals surface area (Å²) in [5.74, 6) is 0.636. The van der Waals surface area contributed by atoms with E-state index in [2.05, 4.69) is 29.0 Å². The van der Waals surface area contributed by atoms with Crippen LogP contribution in [0.15, 0.2) is 36.4 Å². The molecule has 0 amide bonds. The molecule has 0 aromatic heterocycles. The topological polar surface area (TPSA) is 55.4 Å². The van der Waals surface area contributed by atoms with E-state index in [9.17, 15) is 8.42 Å². The molecule has 2 aromatic rings. The number of fused-ring (bicyclic) bond motifs is 1. The molecule has 4 nitrogen and oxygen atoms in total. The Morgan fingerprint density at radius 2 is 1.80 bits per heavy atom. The number of sulfonamides is 1. The fourth-order valence-electron chi connectivity index (χ4n) is 3.63. The zero-order valence-electron chi connectivity index (χ0n) is 13.8. The molecule has 25 heavy (non-hydrogen) atoms. The first-order chi connectivity index (χ1) is 12.0. The molecular weight excluding hydrogens is 358 g/mol. The highest BCUT2D eigenvalue weighted by atomic mass is 35.5. The van der Waals surface area contributed by atoms with Gasteiger partial charge in [0.05, 0.1) is 11.4 Å². The fraction of sp³-hybridized carbons (Fsp3) is 0.368. The Morgan fingerprint density at radius 1 is 1.08 bits per heavy atom. The SMILES string of the molecule is O=S1(=O)CCc2cc(Cl)cc(-c3ccc(C4CCOCC4)cc3)c2N1. The Morgan fingerprint density at radius 3 is 2.52 bits per heavy atom. The number of hydrogen-bond donors (Lipinski definition) is 1. The lowest BCUT2D eigenvalue weighted by molar-refractivity contribution is 0.0853. The molecule has 0 radical (unpaired) electrons. The molecule has 1 fully saturated rings. The van der Waals surface area contributed by atoms with Gasteiger partial charge in [-0.1, -0.05) is 35.9 Å². The molecular formula is C19H20ClNO3S. The van der Waals surface area contributed by atoms with Gasteiger partial charge in [0.15, 0.2) is 0 Å². The number of halogens is 1. The molecule has 0 bridgehead atoms. The minimum atomic E-state index is -3.27. The van der Waals surface area contributed by atoms with Gasteiger partial charge in [0.1, 0.15) is 0 Å². The lowest BCUT2D eigenvalue weighted by atomic mass is 9.90. The van der Waals surface area contributed by atoms with Crippen LogP contribution in [-0.2, 0) is 21.2 Å². The van der Waals surface area contributed by atoms with E-state index in [4.69, 9.17) is 16.3 Å². The Bertz CT molecular complexity index is 888. The average molecular weight is 378 g/mol. The predicted molar refractivity (Wildman–Crippen MR) is 101 cm³/mol. The van der Waals surface area contributed by atoms with Crippen LogP contribution < -0.4 is 4.72 Å². The number of ether oxygens (including phenoxy) is 1. The summed E-state index contributed by atoms with van der Waals surface area (Å²) in [6, 6.07) is 12.1. The number of hydrogen-bond acceptors (Lipinski definition) is 3. The molecule has 0 atom stereocenters. The zero-order valence-corrected chi connectivity index (χ0v) is 15.4. The van der Waals surface area contributed by atoms with Gasteiger partial charge in [-0.05, 0) is 54.0 Å². The number of rotatable bonds is 2. The van der Waals surface area contributed by atoms with Crippen molar-refractivity contribution in [2.45, 2.75) is 25.2 Å². The van der Waals surface area contributed by atoms with Crippen molar-refractivity contribution >= 4 is 27.3 Å². The first-order valence-corrected chi connectivity index (χ1v) is 10.6. The van der Waals surface area contributed by atoms with E-state index >= 15 is 0 Å². The first-order valence-electron chi connectivity index (χ1n) is 8.53. The molecule has 6 heteroatoms. The third-order valence-corrected chi connectivity index (χ3v) is 6.47. The molecule has 0 unspecified atom stereocenters. The standard InChI is InChI=1S/C19H20ClNO3S/c20-17-11-16-7-10-25(22,23)21-19(16)18(12-17)15-3-1-13(2-4-15)14-5-8-24-9-6-14/h1-4,11-12,14,21H,5-10H2. The van der Waals surface area contributed by atoms with Crippen molar-refractivity contribution in [3.63, 3.8) is 0 Å². The lowest BCUT2D eigenvalue weighted by Crippen LogP contribution is -2.24. The summed E-state index contributed by atoms with van der Waals surface area (Å²) in [5, 5.41) is 0.628. The summed E-state index contributed by atoms with van der Waals surface area (Å²) >= 11 is 6.26. The maximum absolute atomic E-state index is 12.0. The number of aryl methyl sites for hydroxylation is 1. The second kappa shape index (κ2) is 6.63. The highest BCUT2D eigenvalue weighted by Gasteiger charge is 2.24. The van der Waals surface area contributed by atoms with E-state index in [1.807, 2.05) is 12.1 Å². The summed E-state index contributed by atoms with van der Waals surface area (Å²) in [4.78, 5) is 0. The van der Waals surface area contributed by atoms with Crippen molar-refractivity contribution in [1.82, 2.24) is 0 Å². The van der Waals surface area contributed by atoms with Crippen LogP contribution in [0.5, 0.6) is 0 Å². The summed E-state index contributed by atoms with van der Waals surface area (Å²) in [6.45, 7) is 1.63. The molecule has 0 spiro atoms. The Balaban J connectivity index is 1.71. The maximum Gasteiger partial charge on any atom is 0.233 e. The lowest BCUT2D eigenvalue weighted by Gasteiger charge is -2.24. The van der Waals surface area contributed by atoms with Gasteiger partial charge in [0, 0.05) is 23.8 Å². The summed E-state index contributed by atoms with van der Waals surface area (Å²) in [5.41, 5.74) is 4.73. The van der Waals surface area contributed by atoms with Crippen molar-refractivity contribution in [3.05, 3.63) is 52.5 Å². The van der Waals surface area contributed by atoms with E-state index in [1.165, 1.54) is 5.56 Å². The molecule has 2 aliphatic rings. The van der Waals surface area contributed by atoms with Crippen molar-refractivity contribution in [2.75, 3.05) is 23.7 Å². The van der Waals surface area contributed by atoms with Gasteiger partial charge >= 0.3 is 0 Å². The maximum atomic E-state index is 12.0. The van der Waals surface area contributed by atoms with Crippen molar-refractivity contribution in [2.24, 2.45) is 0 Å². The molecule has 2 aliphatic heterocycles. The van der Waals surface area contributed by atoms with Crippen LogP contribution in [0.2, 0.25) is 5.02 Å². The smallest absolute Gasteiger partial charge is 0.233 e. The van der Waals surface area contributed by atoms with E-state index in [1.54, 1.807) is 0 Å². The van der Waals surface area contributed by atoms with Gasteiger partial charge in [-0.25, -0.2) is 8.42 Å². The number of anilines is 1. The van der Waals surface area contributed by atoms with Crippen molar-refractivity contribution < 1.29 is 13.2 Å². The van der Waals surface area contributed by atoms with Crippen molar-refractivity contribution in [3.8, 4) is 11.1 Å². The van der Waals surface area contributed by atoms with E-state index in [0.717, 1.165) is 42.7 Å². The van der Waals surface area contributed by atoms with Gasteiger partial charge < -0.3 is 4.74 Å². The number of nitrogens with one attached hydrogen (secondary N) is 1. The normalized spacial score (nSPS) is 19.9. The van der Waals surface area contributed by atoms with Crippen LogP contribution in [0.4, 0.5) is 5.69 Å². The van der Waals surface area contributed by atoms with Crippen LogP contribution in [0.25, 0.3) is 11.1 Å². The number of benzene rings is 2. The Hall–Kier alpha value is -1.56. The molecule has 0 aliphatic carbocycles. The van der Waals surface area contributed by atoms with Gasteiger partial charge in [0.2, 0.25) is 10.0 Å². The Kier molecular flexibility index (Phi) is 4.48. The van der Waals surface area contributed by atoms with Gasteiger partial charge in [-0.3, -0.25) is 4.72 Å². The van der Waals surface area contributed by atoms with Crippen LogP contribution in [-0.4, -0.2) is 27.4 Å². The molecule has 2 heterocycles. The molecule has 1 N–H and O–H groups in total. The van der Waals surface area contributed by atoms with E-state index in [0.29, 0.717) is 23.0 Å². The fourth-order valence-corrected chi connectivity index (χ4v) is 5.01. The predicted octanol–water partition coefficient (Wildman–Crippen LogP) is 4.20. The van der Waals surface area contributed by atoms with Crippen LogP contribution in [0.1, 0.15) is 29.9 Å². The van der Waals surface area contributed by atoms with Crippen molar-refractivity contribution in [1.29, 1.82) is 0 Å². The molecule has 1 saturated heterocycles. The van der Waals surface area contributed by atoms with Crippen LogP contribution >= 0.6 is 11.6 Å². The first kappa shape index (κ1) is 16.9. The van der Waals surface area contributed by atoms with Gasteiger partial charge in [-0.2, -0.15) is 0 Å². The van der Waals surface area contributed by atoms with Gasteiger partial charge in [-0.15, -0.1) is 0 Å². The highest BCUT2D eigenvalue weighted by Crippen LogP contribution is 2.38. The zero-order chi connectivity index (χ0) is 17.4. The second-order valence-electron chi connectivity index (χ2n) is 6.67. The third kappa shape index (κ3) is 3.54. The van der Waals surface area contributed by atoms with Crippen LogP contribution in [0, 0.1) is 0 Å².